The second-order valence-electron chi connectivity index (χ2n) is 4.09. The zero-order valence-corrected chi connectivity index (χ0v) is 8.61. The minimum Gasteiger partial charge on any atom is -0.329 e. The summed E-state index contributed by atoms with van der Waals surface area (Å²) in [6.07, 6.45) is 6.66. The maximum absolute atomic E-state index is 5.72. The van der Waals surface area contributed by atoms with Gasteiger partial charge in [-0.25, -0.2) is 0 Å². The topological polar surface area (TPSA) is 55.9 Å². The molecule has 0 saturated heterocycles. The lowest BCUT2D eigenvalue weighted by Gasteiger charge is -2.14. The Morgan fingerprint density at radius 3 is 3.00 bits per heavy atom. The van der Waals surface area contributed by atoms with Gasteiger partial charge in [0.15, 0.2) is 0 Å². The molecule has 1 heterocycles. The van der Waals surface area contributed by atoms with Crippen molar-refractivity contribution in [3.05, 3.63) is 18.0 Å². The van der Waals surface area contributed by atoms with Crippen molar-refractivity contribution in [3.8, 4) is 0 Å². The summed E-state index contributed by atoms with van der Waals surface area (Å²) in [6, 6.07) is 0.268. The Bertz CT molecular complexity index is 290. The molecule has 0 radical (unpaired) electrons. The van der Waals surface area contributed by atoms with Gasteiger partial charge in [-0.2, -0.15) is 5.10 Å². The molecular weight excluding hydrogens is 176 g/mol. The third-order valence-electron chi connectivity index (χ3n) is 2.71. The summed E-state index contributed by atoms with van der Waals surface area (Å²) in [7, 11) is 1.93. The number of nitrogens with one attached hydrogen (secondary N) is 1. The largest absolute Gasteiger partial charge is 0.329 e. The first kappa shape index (κ1) is 9.68. The molecule has 1 aliphatic rings. The van der Waals surface area contributed by atoms with Crippen molar-refractivity contribution in [1.82, 2.24) is 15.1 Å². The van der Waals surface area contributed by atoms with E-state index in [1.807, 2.05) is 24.1 Å². The Labute approximate surface area is 84.5 Å². The van der Waals surface area contributed by atoms with Crippen LogP contribution >= 0.6 is 0 Å². The fourth-order valence-corrected chi connectivity index (χ4v) is 1.59. The average Bonchev–Trinajstić information content (AvgIpc) is 2.90. The van der Waals surface area contributed by atoms with Crippen molar-refractivity contribution >= 4 is 0 Å². The molecular formula is C10H18N4. The van der Waals surface area contributed by atoms with Crippen LogP contribution in [0.25, 0.3) is 0 Å². The van der Waals surface area contributed by atoms with E-state index in [1.54, 1.807) is 0 Å². The normalized spacial score (nSPS) is 18.4. The van der Waals surface area contributed by atoms with E-state index in [-0.39, 0.29) is 6.04 Å². The highest BCUT2D eigenvalue weighted by Gasteiger charge is 2.22. The first-order valence-electron chi connectivity index (χ1n) is 5.21. The number of aromatic nitrogens is 2. The van der Waals surface area contributed by atoms with Gasteiger partial charge in [0.2, 0.25) is 0 Å². The molecule has 78 valence electrons. The maximum Gasteiger partial charge on any atom is 0.0538 e. The summed E-state index contributed by atoms with van der Waals surface area (Å²) in [4.78, 5) is 0. The van der Waals surface area contributed by atoms with Crippen LogP contribution in [0.15, 0.2) is 12.4 Å². The van der Waals surface area contributed by atoms with Crippen LogP contribution in [0.1, 0.15) is 24.4 Å². The Hall–Kier alpha value is -0.870. The summed E-state index contributed by atoms with van der Waals surface area (Å²) < 4.78 is 1.82. The van der Waals surface area contributed by atoms with Crippen LogP contribution in [0, 0.1) is 5.92 Å². The van der Waals surface area contributed by atoms with Gasteiger partial charge in [0.05, 0.1) is 6.20 Å². The van der Waals surface area contributed by atoms with Crippen LogP contribution in [-0.2, 0) is 7.05 Å². The van der Waals surface area contributed by atoms with Crippen molar-refractivity contribution in [2.45, 2.75) is 18.9 Å². The molecule has 0 aromatic carbocycles. The van der Waals surface area contributed by atoms with Crippen LogP contribution < -0.4 is 11.1 Å². The third kappa shape index (κ3) is 2.33. The van der Waals surface area contributed by atoms with E-state index in [0.717, 1.165) is 12.5 Å². The summed E-state index contributed by atoms with van der Waals surface area (Å²) >= 11 is 0. The lowest BCUT2D eigenvalue weighted by molar-refractivity contribution is 0.522. The minimum atomic E-state index is 0.268. The van der Waals surface area contributed by atoms with Crippen LogP contribution in [0.3, 0.4) is 0 Å². The minimum absolute atomic E-state index is 0.268. The standard InChI is InChI=1S/C10H18N4/c1-14-7-9(6-13-14)10(4-11)12-5-8-2-3-8/h6-8,10,12H,2-5,11H2,1H3. The predicted octanol–water partition coefficient (Wildman–Crippen LogP) is 0.419. The lowest BCUT2D eigenvalue weighted by Crippen LogP contribution is -2.29. The molecule has 4 heteroatoms. The van der Waals surface area contributed by atoms with E-state index in [0.29, 0.717) is 6.54 Å². The monoisotopic (exact) mass is 194 g/mol. The molecule has 1 unspecified atom stereocenters. The Morgan fingerprint density at radius 1 is 1.71 bits per heavy atom. The fraction of sp³-hybridized carbons (Fsp3) is 0.700. The van der Waals surface area contributed by atoms with Crippen molar-refractivity contribution in [3.63, 3.8) is 0 Å². The van der Waals surface area contributed by atoms with Gasteiger partial charge in [-0.15, -0.1) is 0 Å². The van der Waals surface area contributed by atoms with E-state index >= 15 is 0 Å². The molecule has 0 bridgehead atoms. The Balaban J connectivity index is 1.90. The molecule has 1 saturated carbocycles. The second kappa shape index (κ2) is 4.11. The number of nitrogens with zero attached hydrogens (tertiary/aromatic N) is 2. The van der Waals surface area contributed by atoms with Crippen molar-refractivity contribution in [2.75, 3.05) is 13.1 Å². The van der Waals surface area contributed by atoms with Crippen molar-refractivity contribution < 1.29 is 0 Å². The average molecular weight is 194 g/mol. The number of aryl methyl sites for hydroxylation is 1. The Morgan fingerprint density at radius 2 is 2.50 bits per heavy atom. The predicted molar refractivity (Wildman–Crippen MR) is 55.7 cm³/mol. The lowest BCUT2D eigenvalue weighted by atomic mass is 10.1. The van der Waals surface area contributed by atoms with Crippen molar-refractivity contribution in [2.24, 2.45) is 18.7 Å². The van der Waals surface area contributed by atoms with Gasteiger partial charge < -0.3 is 11.1 Å². The zero-order valence-electron chi connectivity index (χ0n) is 8.61. The number of nitrogens with two attached hydrogens (primary N) is 1. The molecule has 4 nitrogen and oxygen atoms in total. The smallest absolute Gasteiger partial charge is 0.0538 e. The highest BCUT2D eigenvalue weighted by atomic mass is 15.2. The van der Waals surface area contributed by atoms with Gasteiger partial charge in [-0.3, -0.25) is 4.68 Å². The highest BCUT2D eigenvalue weighted by molar-refractivity contribution is 5.10. The van der Waals surface area contributed by atoms with Gasteiger partial charge in [0.1, 0.15) is 0 Å². The summed E-state index contributed by atoms with van der Waals surface area (Å²) in [6.45, 7) is 1.73. The van der Waals surface area contributed by atoms with Gasteiger partial charge in [0, 0.05) is 31.4 Å². The first-order chi connectivity index (χ1) is 6.79. The molecule has 1 atom stereocenters. The highest BCUT2D eigenvalue weighted by Crippen LogP contribution is 2.28. The van der Waals surface area contributed by atoms with Crippen LogP contribution in [-0.4, -0.2) is 22.9 Å². The molecule has 1 aliphatic carbocycles. The number of rotatable bonds is 5. The van der Waals surface area contributed by atoms with E-state index in [4.69, 9.17) is 5.73 Å². The first-order valence-corrected chi connectivity index (χ1v) is 5.21. The molecule has 0 aliphatic heterocycles. The van der Waals surface area contributed by atoms with E-state index < -0.39 is 0 Å². The van der Waals surface area contributed by atoms with E-state index in [2.05, 4.69) is 10.4 Å². The number of hydrogen-bond acceptors (Lipinski definition) is 3. The zero-order chi connectivity index (χ0) is 9.97. The fourth-order valence-electron chi connectivity index (χ4n) is 1.59. The van der Waals surface area contributed by atoms with E-state index in [1.165, 1.54) is 18.4 Å². The Kier molecular flexibility index (Phi) is 2.84. The molecule has 0 amide bonds. The molecule has 1 fully saturated rings. The van der Waals surface area contributed by atoms with Gasteiger partial charge >= 0.3 is 0 Å². The van der Waals surface area contributed by atoms with Gasteiger partial charge in [-0.05, 0) is 25.3 Å². The maximum atomic E-state index is 5.72. The quantitative estimate of drug-likeness (QED) is 0.714. The van der Waals surface area contributed by atoms with Crippen molar-refractivity contribution in [1.29, 1.82) is 0 Å². The van der Waals surface area contributed by atoms with Crippen LogP contribution in [0.4, 0.5) is 0 Å². The number of hydrogen-bond donors (Lipinski definition) is 2. The molecule has 3 N–H and O–H groups in total. The molecule has 2 rings (SSSR count). The third-order valence-corrected chi connectivity index (χ3v) is 2.71. The summed E-state index contributed by atoms with van der Waals surface area (Å²) in [5, 5.41) is 7.63. The van der Waals surface area contributed by atoms with Crippen LogP contribution in [0.2, 0.25) is 0 Å². The molecule has 0 spiro atoms. The van der Waals surface area contributed by atoms with Gasteiger partial charge in [0.25, 0.3) is 0 Å². The molecule has 1 aromatic rings. The summed E-state index contributed by atoms with van der Waals surface area (Å²) in [5.41, 5.74) is 6.91. The SMILES string of the molecule is Cn1cc(C(CN)NCC2CC2)cn1. The molecule has 1 aromatic heterocycles. The molecule has 14 heavy (non-hydrogen) atoms. The summed E-state index contributed by atoms with van der Waals surface area (Å²) in [5.74, 6) is 0.890. The van der Waals surface area contributed by atoms with E-state index in [9.17, 15) is 0 Å². The van der Waals surface area contributed by atoms with Gasteiger partial charge in [-0.1, -0.05) is 0 Å². The second-order valence-corrected chi connectivity index (χ2v) is 4.09. The van der Waals surface area contributed by atoms with Crippen LogP contribution in [0.5, 0.6) is 0 Å².